The van der Waals surface area contributed by atoms with Gasteiger partial charge in [-0.25, -0.2) is 4.98 Å². The van der Waals surface area contributed by atoms with Crippen LogP contribution in [0.3, 0.4) is 0 Å². The Morgan fingerprint density at radius 3 is 2.63 bits per heavy atom. The zero-order valence-corrected chi connectivity index (χ0v) is 17.1. The van der Waals surface area contributed by atoms with Gasteiger partial charge in [0.2, 0.25) is 5.95 Å². The number of ether oxygens (including phenoxy) is 1. The smallest absolute Gasteiger partial charge is 0.247 e. The number of nitrogens with one attached hydrogen (secondary N) is 1. The first-order valence-electron chi connectivity index (χ1n) is 10.4. The first kappa shape index (κ1) is 19.0. The molecule has 2 fully saturated rings. The van der Waals surface area contributed by atoms with Crippen molar-refractivity contribution in [3.8, 4) is 5.82 Å². The summed E-state index contributed by atoms with van der Waals surface area (Å²) < 4.78 is 6.96. The predicted molar refractivity (Wildman–Crippen MR) is 114 cm³/mol. The van der Waals surface area contributed by atoms with Gasteiger partial charge in [-0.2, -0.15) is 9.67 Å². The summed E-state index contributed by atoms with van der Waals surface area (Å²) in [7, 11) is 0. The fourth-order valence-corrected chi connectivity index (χ4v) is 3.88. The Hall–Kier alpha value is -3.04. The number of aromatic nitrogens is 5. The monoisotopic (exact) mass is 406 g/mol. The summed E-state index contributed by atoms with van der Waals surface area (Å²) in [6.07, 6.45) is 7.54. The van der Waals surface area contributed by atoms with Gasteiger partial charge in [0.25, 0.3) is 0 Å². The molecule has 0 aliphatic carbocycles. The second kappa shape index (κ2) is 8.37. The van der Waals surface area contributed by atoms with E-state index in [1.54, 1.807) is 29.6 Å². The summed E-state index contributed by atoms with van der Waals surface area (Å²) in [4.78, 5) is 17.7. The Morgan fingerprint density at radius 1 is 1.07 bits per heavy atom. The summed E-state index contributed by atoms with van der Waals surface area (Å²) in [6, 6.07) is 7.25. The van der Waals surface area contributed by atoms with Gasteiger partial charge in [0, 0.05) is 49.9 Å². The topological polar surface area (TPSA) is 84.2 Å². The van der Waals surface area contributed by atoms with Gasteiger partial charge in [-0.15, -0.1) is 5.10 Å². The Labute approximate surface area is 175 Å². The third kappa shape index (κ3) is 3.99. The van der Waals surface area contributed by atoms with Crippen molar-refractivity contribution < 1.29 is 4.74 Å². The molecule has 30 heavy (non-hydrogen) atoms. The van der Waals surface area contributed by atoms with Crippen molar-refractivity contribution in [1.82, 2.24) is 29.6 Å². The van der Waals surface area contributed by atoms with Crippen LogP contribution in [0.25, 0.3) is 5.82 Å². The molecule has 2 aliphatic rings. The van der Waals surface area contributed by atoms with Crippen molar-refractivity contribution in [2.24, 2.45) is 0 Å². The van der Waals surface area contributed by atoms with Gasteiger partial charge in [-0.1, -0.05) is 6.92 Å². The Balaban J connectivity index is 1.30. The van der Waals surface area contributed by atoms with E-state index < -0.39 is 0 Å². The molecule has 2 aliphatic heterocycles. The van der Waals surface area contributed by atoms with Crippen molar-refractivity contribution in [1.29, 1.82) is 0 Å². The van der Waals surface area contributed by atoms with Crippen LogP contribution in [0.1, 0.15) is 12.5 Å². The molecule has 2 aromatic heterocycles. The molecule has 0 radical (unpaired) electrons. The van der Waals surface area contributed by atoms with E-state index in [9.17, 15) is 0 Å². The first-order chi connectivity index (χ1) is 14.8. The molecule has 0 atom stereocenters. The average Bonchev–Trinajstić information content (AvgIpc) is 3.22. The summed E-state index contributed by atoms with van der Waals surface area (Å²) in [5.41, 5.74) is 3.53. The van der Waals surface area contributed by atoms with Gasteiger partial charge in [-0.3, -0.25) is 9.88 Å². The molecule has 0 spiro atoms. The molecule has 5 rings (SSSR count). The highest BCUT2D eigenvalue weighted by Gasteiger charge is 2.29. The van der Waals surface area contributed by atoms with Crippen LogP contribution >= 0.6 is 0 Å². The molecule has 0 saturated carbocycles. The van der Waals surface area contributed by atoms with Gasteiger partial charge >= 0.3 is 0 Å². The molecule has 1 N–H and O–H groups in total. The van der Waals surface area contributed by atoms with Crippen molar-refractivity contribution in [2.75, 3.05) is 49.6 Å². The largest absolute Gasteiger partial charge is 0.378 e. The molecular formula is C21H26N8O. The molecule has 1 aromatic carbocycles. The lowest BCUT2D eigenvalue weighted by atomic mass is 10.1. The summed E-state index contributed by atoms with van der Waals surface area (Å²) in [6.45, 7) is 8.17. The lowest BCUT2D eigenvalue weighted by molar-refractivity contribution is -0.0660. The third-order valence-electron chi connectivity index (χ3n) is 5.73. The van der Waals surface area contributed by atoms with E-state index in [4.69, 9.17) is 4.74 Å². The summed E-state index contributed by atoms with van der Waals surface area (Å²) >= 11 is 0. The zero-order valence-electron chi connectivity index (χ0n) is 17.1. The fourth-order valence-electron chi connectivity index (χ4n) is 3.88. The first-order valence-corrected chi connectivity index (χ1v) is 10.4. The highest BCUT2D eigenvalue weighted by molar-refractivity contribution is 5.64. The molecule has 0 bridgehead atoms. The maximum atomic E-state index is 5.35. The highest BCUT2D eigenvalue weighted by atomic mass is 16.5. The molecule has 9 nitrogen and oxygen atoms in total. The van der Waals surface area contributed by atoms with Crippen molar-refractivity contribution >= 4 is 17.3 Å². The Bertz CT molecular complexity index is 980. The number of rotatable bonds is 6. The van der Waals surface area contributed by atoms with Crippen LogP contribution in [0.4, 0.5) is 17.3 Å². The van der Waals surface area contributed by atoms with E-state index in [0.717, 1.165) is 51.5 Å². The summed E-state index contributed by atoms with van der Waals surface area (Å²) in [5, 5.41) is 7.83. The zero-order chi connectivity index (χ0) is 20.3. The van der Waals surface area contributed by atoms with Crippen LogP contribution in [0.2, 0.25) is 0 Å². The second-order valence-electron chi connectivity index (χ2n) is 7.66. The Kier molecular flexibility index (Phi) is 5.29. The van der Waals surface area contributed by atoms with E-state index in [0.29, 0.717) is 17.8 Å². The number of hydrogen-bond donors (Lipinski definition) is 1. The normalized spacial score (nSPS) is 17.7. The number of anilines is 3. The fraction of sp³-hybridized carbons (Fsp3) is 0.429. The quantitative estimate of drug-likeness (QED) is 0.664. The predicted octanol–water partition coefficient (Wildman–Crippen LogP) is 1.88. The van der Waals surface area contributed by atoms with E-state index in [1.807, 2.05) is 0 Å². The molecule has 2 saturated heterocycles. The van der Waals surface area contributed by atoms with E-state index in [-0.39, 0.29) is 0 Å². The maximum absolute atomic E-state index is 5.35. The van der Waals surface area contributed by atoms with E-state index in [1.165, 1.54) is 11.3 Å². The van der Waals surface area contributed by atoms with Gasteiger partial charge < -0.3 is 15.0 Å². The van der Waals surface area contributed by atoms with Crippen molar-refractivity contribution in [2.45, 2.75) is 19.4 Å². The number of aryl methyl sites for hydroxylation is 1. The second-order valence-corrected chi connectivity index (χ2v) is 7.66. The van der Waals surface area contributed by atoms with Crippen LogP contribution in [-0.2, 0) is 11.2 Å². The van der Waals surface area contributed by atoms with E-state index in [2.05, 4.69) is 60.3 Å². The third-order valence-corrected chi connectivity index (χ3v) is 5.73. The van der Waals surface area contributed by atoms with Crippen LogP contribution in [0.15, 0.2) is 43.1 Å². The lowest BCUT2D eigenvalue weighted by Gasteiger charge is -2.43. The Morgan fingerprint density at radius 2 is 1.93 bits per heavy atom. The van der Waals surface area contributed by atoms with Crippen LogP contribution in [0, 0.1) is 0 Å². The molecule has 3 aromatic rings. The number of nitrogens with zero attached hydrogens (tertiary/aromatic N) is 7. The average molecular weight is 406 g/mol. The molecule has 4 heterocycles. The van der Waals surface area contributed by atoms with Gasteiger partial charge in [0.1, 0.15) is 6.33 Å². The minimum Gasteiger partial charge on any atom is -0.378 e. The number of hydrogen-bond acceptors (Lipinski definition) is 8. The molecule has 0 unspecified atom stereocenters. The molecule has 9 heteroatoms. The van der Waals surface area contributed by atoms with Gasteiger partial charge in [0.15, 0.2) is 5.82 Å². The maximum Gasteiger partial charge on any atom is 0.247 e. The molecular weight excluding hydrogens is 380 g/mol. The number of piperazine rings is 1. The van der Waals surface area contributed by atoms with Gasteiger partial charge in [0.05, 0.1) is 25.5 Å². The SMILES string of the molecule is CCc1cc(Nc2ncn(-c3cnccn3)n2)cc(N2CCN(C3COC3)CC2)c1. The van der Waals surface area contributed by atoms with Crippen LogP contribution in [-0.4, -0.2) is 75.1 Å². The van der Waals surface area contributed by atoms with Crippen LogP contribution in [0.5, 0.6) is 0 Å². The molecule has 0 amide bonds. The summed E-state index contributed by atoms with van der Waals surface area (Å²) in [5.74, 6) is 1.17. The minimum atomic E-state index is 0.537. The van der Waals surface area contributed by atoms with Gasteiger partial charge in [-0.05, 0) is 30.2 Å². The molecule has 156 valence electrons. The van der Waals surface area contributed by atoms with E-state index >= 15 is 0 Å². The highest BCUT2D eigenvalue weighted by Crippen LogP contribution is 2.26. The van der Waals surface area contributed by atoms with Crippen molar-refractivity contribution in [3.05, 3.63) is 48.7 Å². The van der Waals surface area contributed by atoms with Crippen molar-refractivity contribution in [3.63, 3.8) is 0 Å². The van der Waals surface area contributed by atoms with Crippen LogP contribution < -0.4 is 10.2 Å². The number of benzene rings is 1. The lowest BCUT2D eigenvalue weighted by Crippen LogP contribution is -2.56. The standard InChI is InChI=1S/C21H26N8O/c1-2-16-9-17(25-21-24-15-29(26-21)20-12-22-3-4-23-20)11-18(10-16)27-5-7-28(8-6-27)19-13-30-14-19/h3-4,9-12,15,19H,2,5-8,13-14H2,1H3,(H,25,26). The minimum absolute atomic E-state index is 0.537.